The van der Waals surface area contributed by atoms with Gasteiger partial charge in [0.25, 0.3) is 5.56 Å². The molecule has 1 aromatic heterocycles. The summed E-state index contributed by atoms with van der Waals surface area (Å²) < 4.78 is 12.3. The molecule has 0 spiro atoms. The number of nitrogens with one attached hydrogen (secondary N) is 1. The minimum absolute atomic E-state index is 0.0920. The zero-order valence-electron chi connectivity index (χ0n) is 8.49. The smallest absolute Gasteiger partial charge is 0.272 e. The van der Waals surface area contributed by atoms with E-state index in [0.717, 1.165) is 37.3 Å². The number of aromatic nitrogens is 2. The molecule has 15 heavy (non-hydrogen) atoms. The van der Waals surface area contributed by atoms with Crippen molar-refractivity contribution < 1.29 is 9.47 Å². The van der Waals surface area contributed by atoms with Crippen molar-refractivity contribution in [3.05, 3.63) is 21.6 Å². The van der Waals surface area contributed by atoms with Crippen molar-refractivity contribution in [3.63, 3.8) is 0 Å². The van der Waals surface area contributed by atoms with Crippen molar-refractivity contribution in [3.8, 4) is 0 Å². The maximum absolute atomic E-state index is 12.0. The molecule has 2 aliphatic rings. The molecule has 1 N–H and O–H groups in total. The van der Waals surface area contributed by atoms with Gasteiger partial charge in [0.05, 0.1) is 30.5 Å². The molecule has 3 heterocycles. The molecule has 0 aliphatic carbocycles. The molecule has 0 bridgehead atoms. The molecule has 0 saturated carbocycles. The lowest BCUT2D eigenvalue weighted by Crippen LogP contribution is -2.28. The summed E-state index contributed by atoms with van der Waals surface area (Å²) in [6.07, 6.45) is 1.83. The van der Waals surface area contributed by atoms with Crippen molar-refractivity contribution in [2.45, 2.75) is 32.1 Å². The molecule has 2 aliphatic heterocycles. The Morgan fingerprint density at radius 1 is 1.20 bits per heavy atom. The first-order chi connectivity index (χ1) is 7.36. The lowest BCUT2D eigenvalue weighted by molar-refractivity contribution is 0.0640. The average molecular weight is 210 g/mol. The van der Waals surface area contributed by atoms with Crippen LogP contribution in [-0.4, -0.2) is 23.0 Å². The largest absolute Gasteiger partial charge is 0.381 e. The van der Waals surface area contributed by atoms with Gasteiger partial charge >= 0.3 is 0 Å². The molecule has 3 rings (SSSR count). The highest BCUT2D eigenvalue weighted by Gasteiger charge is 2.24. The number of H-pyrrole nitrogens is 1. The first-order valence-corrected chi connectivity index (χ1v) is 5.34. The first kappa shape index (κ1) is 9.18. The third-order valence-corrected chi connectivity index (χ3v) is 3.15. The predicted molar refractivity (Wildman–Crippen MR) is 52.6 cm³/mol. The second kappa shape index (κ2) is 3.50. The van der Waals surface area contributed by atoms with Crippen LogP contribution in [0.3, 0.4) is 0 Å². The maximum Gasteiger partial charge on any atom is 0.272 e. The number of hydrogen-bond donors (Lipinski definition) is 1. The lowest BCUT2D eigenvalue weighted by Gasteiger charge is -2.22. The molecular formula is C10H14N2O3. The van der Waals surface area contributed by atoms with E-state index in [9.17, 15) is 4.79 Å². The van der Waals surface area contributed by atoms with E-state index in [-0.39, 0.29) is 11.6 Å². The minimum atomic E-state index is 0.0920. The predicted octanol–water partition coefficient (Wildman–Crippen LogP) is 0.558. The zero-order valence-corrected chi connectivity index (χ0v) is 8.49. The van der Waals surface area contributed by atoms with Gasteiger partial charge in [0.2, 0.25) is 0 Å². The number of ether oxygens (including phenoxy) is 2. The highest BCUT2D eigenvalue weighted by molar-refractivity contribution is 5.19. The molecule has 5 heteroatoms. The lowest BCUT2D eigenvalue weighted by atomic mass is 10.1. The van der Waals surface area contributed by atoms with Gasteiger partial charge in [-0.3, -0.25) is 9.89 Å². The quantitative estimate of drug-likeness (QED) is 0.736. The van der Waals surface area contributed by atoms with Gasteiger partial charge in [-0.05, 0) is 12.8 Å². The second-order valence-electron chi connectivity index (χ2n) is 4.08. The Kier molecular flexibility index (Phi) is 2.14. The molecule has 5 nitrogen and oxygen atoms in total. The van der Waals surface area contributed by atoms with Crippen molar-refractivity contribution in [2.75, 3.05) is 13.2 Å². The van der Waals surface area contributed by atoms with E-state index < -0.39 is 0 Å². The standard InChI is InChI=1S/C10H14N2O3/c13-10-8-5-15-6-9(8)11-12(10)7-1-3-14-4-2-7/h7,11H,1-6H2. The van der Waals surface area contributed by atoms with Gasteiger partial charge in [0.1, 0.15) is 0 Å². The molecule has 0 aromatic carbocycles. The van der Waals surface area contributed by atoms with Crippen LogP contribution in [0.25, 0.3) is 0 Å². The van der Waals surface area contributed by atoms with Crippen molar-refractivity contribution in [2.24, 2.45) is 0 Å². The fraction of sp³-hybridized carbons (Fsp3) is 0.700. The van der Waals surface area contributed by atoms with Gasteiger partial charge in [0, 0.05) is 13.2 Å². The molecule has 0 amide bonds. The SMILES string of the molecule is O=c1c2c([nH]n1C1CCOCC1)COC2. The van der Waals surface area contributed by atoms with Gasteiger partial charge in [-0.15, -0.1) is 0 Å². The fourth-order valence-corrected chi connectivity index (χ4v) is 2.26. The summed E-state index contributed by atoms with van der Waals surface area (Å²) in [5.74, 6) is 0. The molecule has 1 aromatic rings. The Hall–Kier alpha value is -1.07. The van der Waals surface area contributed by atoms with Gasteiger partial charge in [-0.1, -0.05) is 0 Å². The maximum atomic E-state index is 12.0. The number of rotatable bonds is 1. The second-order valence-corrected chi connectivity index (χ2v) is 4.08. The summed E-state index contributed by atoms with van der Waals surface area (Å²) in [7, 11) is 0. The summed E-state index contributed by atoms with van der Waals surface area (Å²) in [6.45, 7) is 2.50. The monoisotopic (exact) mass is 210 g/mol. The number of nitrogens with zero attached hydrogens (tertiary/aromatic N) is 1. The van der Waals surface area contributed by atoms with E-state index in [4.69, 9.17) is 9.47 Å². The van der Waals surface area contributed by atoms with Crippen LogP contribution in [0.4, 0.5) is 0 Å². The Morgan fingerprint density at radius 2 is 2.00 bits per heavy atom. The van der Waals surface area contributed by atoms with Crippen LogP contribution in [0, 0.1) is 0 Å². The van der Waals surface area contributed by atoms with E-state index in [1.807, 2.05) is 0 Å². The summed E-state index contributed by atoms with van der Waals surface area (Å²) in [4.78, 5) is 12.0. The number of hydrogen-bond acceptors (Lipinski definition) is 3. The van der Waals surface area contributed by atoms with Gasteiger partial charge in [-0.25, -0.2) is 4.68 Å². The minimum Gasteiger partial charge on any atom is -0.381 e. The molecule has 0 radical (unpaired) electrons. The molecule has 1 fully saturated rings. The Bertz CT molecular complexity index is 415. The third kappa shape index (κ3) is 1.42. The van der Waals surface area contributed by atoms with Crippen molar-refractivity contribution >= 4 is 0 Å². The van der Waals surface area contributed by atoms with Crippen molar-refractivity contribution in [1.29, 1.82) is 0 Å². The Balaban J connectivity index is 1.95. The van der Waals surface area contributed by atoms with Gasteiger partial charge in [0.15, 0.2) is 0 Å². The van der Waals surface area contributed by atoms with Crippen LogP contribution in [0.5, 0.6) is 0 Å². The summed E-state index contributed by atoms with van der Waals surface area (Å²) >= 11 is 0. The van der Waals surface area contributed by atoms with Crippen LogP contribution in [0.1, 0.15) is 30.1 Å². The highest BCUT2D eigenvalue weighted by Crippen LogP contribution is 2.21. The van der Waals surface area contributed by atoms with Gasteiger partial charge in [-0.2, -0.15) is 0 Å². The Morgan fingerprint density at radius 3 is 2.73 bits per heavy atom. The molecular weight excluding hydrogens is 196 g/mol. The van der Waals surface area contributed by atoms with Crippen LogP contribution < -0.4 is 5.56 Å². The average Bonchev–Trinajstić information content (AvgIpc) is 2.83. The van der Waals surface area contributed by atoms with Crippen LogP contribution >= 0.6 is 0 Å². The highest BCUT2D eigenvalue weighted by atomic mass is 16.5. The van der Waals surface area contributed by atoms with Crippen LogP contribution in [0.2, 0.25) is 0 Å². The normalized spacial score (nSPS) is 21.9. The molecule has 82 valence electrons. The Labute approximate surface area is 87.0 Å². The van der Waals surface area contributed by atoms with E-state index >= 15 is 0 Å². The number of aromatic amines is 1. The molecule has 1 saturated heterocycles. The first-order valence-electron chi connectivity index (χ1n) is 5.34. The van der Waals surface area contributed by atoms with E-state index in [1.54, 1.807) is 4.68 Å². The van der Waals surface area contributed by atoms with Crippen LogP contribution in [0.15, 0.2) is 4.79 Å². The summed E-state index contributed by atoms with van der Waals surface area (Å²) in [5.41, 5.74) is 1.85. The van der Waals surface area contributed by atoms with E-state index in [1.165, 1.54) is 0 Å². The molecule has 0 atom stereocenters. The van der Waals surface area contributed by atoms with E-state index in [0.29, 0.717) is 13.2 Å². The third-order valence-electron chi connectivity index (χ3n) is 3.15. The van der Waals surface area contributed by atoms with Gasteiger partial charge < -0.3 is 9.47 Å². The zero-order chi connectivity index (χ0) is 10.3. The fourth-order valence-electron chi connectivity index (χ4n) is 2.26. The number of fused-ring (bicyclic) bond motifs is 1. The van der Waals surface area contributed by atoms with E-state index in [2.05, 4.69) is 5.10 Å². The topological polar surface area (TPSA) is 56.2 Å². The molecule has 0 unspecified atom stereocenters. The summed E-state index contributed by atoms with van der Waals surface area (Å²) in [6, 6.07) is 0.275. The summed E-state index contributed by atoms with van der Waals surface area (Å²) in [5, 5.41) is 3.16. The van der Waals surface area contributed by atoms with Crippen molar-refractivity contribution in [1.82, 2.24) is 9.78 Å². The van der Waals surface area contributed by atoms with Crippen LogP contribution in [-0.2, 0) is 22.7 Å².